The van der Waals surface area contributed by atoms with Gasteiger partial charge in [0.2, 0.25) is 5.78 Å². The summed E-state index contributed by atoms with van der Waals surface area (Å²) < 4.78 is 10.4. The predicted octanol–water partition coefficient (Wildman–Crippen LogP) is 4.31. The third-order valence-corrected chi connectivity index (χ3v) is 4.55. The van der Waals surface area contributed by atoms with E-state index in [1.807, 2.05) is 24.4 Å². The first-order valence-electron chi connectivity index (χ1n) is 9.01. The van der Waals surface area contributed by atoms with Crippen LogP contribution in [0.5, 0.6) is 5.75 Å². The van der Waals surface area contributed by atoms with Gasteiger partial charge >= 0.3 is 5.97 Å². The normalized spacial score (nSPS) is 11.9. The van der Waals surface area contributed by atoms with Crippen LogP contribution in [0.25, 0.3) is 10.9 Å². The molecule has 2 aromatic carbocycles. The Morgan fingerprint density at radius 3 is 2.56 bits per heavy atom. The molecule has 5 heteroatoms. The van der Waals surface area contributed by atoms with Crippen molar-refractivity contribution < 1.29 is 19.1 Å². The molecule has 140 valence electrons. The molecule has 0 spiro atoms. The zero-order valence-electron chi connectivity index (χ0n) is 15.5. The van der Waals surface area contributed by atoms with E-state index < -0.39 is 6.10 Å². The number of hydrogen-bond donors (Lipinski definition) is 1. The molecule has 0 amide bonds. The molecule has 0 aliphatic rings. The fraction of sp³-hybridized carbons (Fsp3) is 0.273. The van der Waals surface area contributed by atoms with Crippen LogP contribution in [-0.4, -0.2) is 30.0 Å². The Morgan fingerprint density at radius 2 is 1.81 bits per heavy atom. The Bertz CT molecular complexity index is 927. The zero-order chi connectivity index (χ0) is 19.2. The Kier molecular flexibility index (Phi) is 5.91. The number of carbonyl (C=O) groups is 2. The summed E-state index contributed by atoms with van der Waals surface area (Å²) in [5, 5.41) is 1.17. The van der Waals surface area contributed by atoms with Crippen molar-refractivity contribution in [2.45, 2.75) is 32.3 Å². The number of H-pyrrole nitrogens is 1. The van der Waals surface area contributed by atoms with Crippen molar-refractivity contribution in [1.29, 1.82) is 0 Å². The highest BCUT2D eigenvalue weighted by Gasteiger charge is 2.19. The summed E-state index contributed by atoms with van der Waals surface area (Å²) in [4.78, 5) is 27.7. The summed E-state index contributed by atoms with van der Waals surface area (Å²) in [5.41, 5.74) is 2.77. The van der Waals surface area contributed by atoms with E-state index in [-0.39, 0.29) is 18.2 Å². The predicted molar refractivity (Wildman–Crippen MR) is 104 cm³/mol. The molecule has 0 aliphatic heterocycles. The number of rotatable bonds is 8. The molecule has 0 saturated heterocycles. The topological polar surface area (TPSA) is 68.4 Å². The number of benzene rings is 2. The molecule has 0 fully saturated rings. The maximum Gasteiger partial charge on any atom is 0.306 e. The second kappa shape index (κ2) is 8.54. The molecular weight excluding hydrogens is 342 g/mol. The number of hydrogen-bond acceptors (Lipinski definition) is 4. The van der Waals surface area contributed by atoms with Gasteiger partial charge in [-0.15, -0.1) is 0 Å². The van der Waals surface area contributed by atoms with Crippen LogP contribution < -0.4 is 4.74 Å². The van der Waals surface area contributed by atoms with Crippen molar-refractivity contribution in [3.63, 3.8) is 0 Å². The molecule has 1 heterocycles. The maximum absolute atomic E-state index is 12.4. The van der Waals surface area contributed by atoms with Crippen LogP contribution in [0.1, 0.15) is 35.7 Å². The summed E-state index contributed by atoms with van der Waals surface area (Å²) in [5.74, 6) is 0.0975. The summed E-state index contributed by atoms with van der Waals surface area (Å²) in [6.45, 7) is 1.60. The van der Waals surface area contributed by atoms with Crippen LogP contribution in [0.2, 0.25) is 0 Å². The molecule has 1 atom stereocenters. The highest BCUT2D eigenvalue weighted by molar-refractivity contribution is 6.00. The molecule has 0 bridgehead atoms. The standard InChI is InChI=1S/C22H23NO4/c1-15(22(25)16-10-12-18(26-2)13-11-16)27-21(24)9-5-6-17-14-23-20-8-4-3-7-19(17)20/h3-4,7-8,10-15,23H,5-6,9H2,1-2H3/t15-/m0/s1. The Hall–Kier alpha value is -3.08. The molecule has 1 aromatic heterocycles. The van der Waals surface area contributed by atoms with Crippen molar-refractivity contribution in [2.75, 3.05) is 7.11 Å². The van der Waals surface area contributed by atoms with E-state index in [9.17, 15) is 9.59 Å². The number of nitrogens with one attached hydrogen (secondary N) is 1. The van der Waals surface area contributed by atoms with Gasteiger partial charge in [0.15, 0.2) is 6.10 Å². The third kappa shape index (κ3) is 4.56. The smallest absolute Gasteiger partial charge is 0.306 e. The van der Waals surface area contributed by atoms with Crippen LogP contribution in [0, 0.1) is 0 Å². The minimum Gasteiger partial charge on any atom is -0.497 e. The van der Waals surface area contributed by atoms with Gasteiger partial charge in [-0.05, 0) is 55.7 Å². The van der Waals surface area contributed by atoms with Crippen LogP contribution in [0.4, 0.5) is 0 Å². The number of aryl methyl sites for hydroxylation is 1. The molecule has 27 heavy (non-hydrogen) atoms. The van der Waals surface area contributed by atoms with Gasteiger partial charge in [-0.25, -0.2) is 0 Å². The summed E-state index contributed by atoms with van der Waals surface area (Å²) in [6, 6.07) is 14.8. The number of methoxy groups -OCH3 is 1. The molecule has 3 aromatic rings. The van der Waals surface area contributed by atoms with Gasteiger partial charge < -0.3 is 14.5 Å². The van der Waals surface area contributed by atoms with Gasteiger partial charge in [0, 0.05) is 29.1 Å². The third-order valence-electron chi connectivity index (χ3n) is 4.55. The Labute approximate surface area is 158 Å². The quantitative estimate of drug-likeness (QED) is 0.477. The summed E-state index contributed by atoms with van der Waals surface area (Å²) in [6.07, 6.45) is 2.90. The van der Waals surface area contributed by atoms with E-state index in [1.165, 1.54) is 10.9 Å². The minimum absolute atomic E-state index is 0.220. The van der Waals surface area contributed by atoms with Crippen LogP contribution >= 0.6 is 0 Å². The molecule has 0 saturated carbocycles. The minimum atomic E-state index is -0.806. The number of ether oxygens (including phenoxy) is 2. The first-order chi connectivity index (χ1) is 13.1. The van der Waals surface area contributed by atoms with Gasteiger partial charge in [0.1, 0.15) is 5.75 Å². The van der Waals surface area contributed by atoms with E-state index in [2.05, 4.69) is 11.1 Å². The van der Waals surface area contributed by atoms with Crippen molar-refractivity contribution in [3.8, 4) is 5.75 Å². The van der Waals surface area contributed by atoms with Gasteiger partial charge in [-0.2, -0.15) is 0 Å². The highest BCUT2D eigenvalue weighted by Crippen LogP contribution is 2.20. The number of fused-ring (bicyclic) bond motifs is 1. The molecule has 0 unspecified atom stereocenters. The lowest BCUT2D eigenvalue weighted by Crippen LogP contribution is -2.24. The Morgan fingerprint density at radius 1 is 1.07 bits per heavy atom. The van der Waals surface area contributed by atoms with E-state index in [1.54, 1.807) is 38.3 Å². The number of para-hydroxylation sites is 1. The fourth-order valence-corrected chi connectivity index (χ4v) is 3.06. The number of esters is 1. The summed E-state index contributed by atoms with van der Waals surface area (Å²) >= 11 is 0. The van der Waals surface area contributed by atoms with Crippen molar-refractivity contribution in [2.24, 2.45) is 0 Å². The average Bonchev–Trinajstić information content (AvgIpc) is 3.10. The molecule has 3 rings (SSSR count). The lowest BCUT2D eigenvalue weighted by atomic mass is 10.1. The molecule has 0 radical (unpaired) electrons. The van der Waals surface area contributed by atoms with Gasteiger partial charge in [0.05, 0.1) is 7.11 Å². The fourth-order valence-electron chi connectivity index (χ4n) is 3.06. The van der Waals surface area contributed by atoms with Gasteiger partial charge in [-0.3, -0.25) is 9.59 Å². The second-order valence-corrected chi connectivity index (χ2v) is 6.44. The van der Waals surface area contributed by atoms with E-state index in [0.29, 0.717) is 17.7 Å². The molecule has 0 aliphatic carbocycles. The Balaban J connectivity index is 1.48. The largest absolute Gasteiger partial charge is 0.497 e. The van der Waals surface area contributed by atoms with Crippen LogP contribution in [0.3, 0.4) is 0 Å². The second-order valence-electron chi connectivity index (χ2n) is 6.44. The lowest BCUT2D eigenvalue weighted by molar-refractivity contribution is -0.146. The maximum atomic E-state index is 12.4. The van der Waals surface area contributed by atoms with Gasteiger partial charge in [-0.1, -0.05) is 18.2 Å². The first-order valence-corrected chi connectivity index (χ1v) is 9.01. The average molecular weight is 365 g/mol. The lowest BCUT2D eigenvalue weighted by Gasteiger charge is -2.12. The number of ketones is 1. The number of carbonyl (C=O) groups excluding carboxylic acids is 2. The van der Waals surface area contributed by atoms with E-state index in [4.69, 9.17) is 9.47 Å². The number of aromatic amines is 1. The number of Topliss-reactive ketones (excluding diaryl/α,β-unsaturated/α-hetero) is 1. The molecule has 5 nitrogen and oxygen atoms in total. The van der Waals surface area contributed by atoms with Crippen LogP contribution in [0.15, 0.2) is 54.7 Å². The molecular formula is C22H23NO4. The molecule has 1 N–H and O–H groups in total. The van der Waals surface area contributed by atoms with Crippen LogP contribution in [-0.2, 0) is 16.0 Å². The highest BCUT2D eigenvalue weighted by atomic mass is 16.5. The van der Waals surface area contributed by atoms with Crippen molar-refractivity contribution in [1.82, 2.24) is 4.98 Å². The number of aromatic nitrogens is 1. The van der Waals surface area contributed by atoms with E-state index in [0.717, 1.165) is 11.9 Å². The summed E-state index contributed by atoms with van der Waals surface area (Å²) in [7, 11) is 1.57. The van der Waals surface area contributed by atoms with E-state index >= 15 is 0 Å². The monoisotopic (exact) mass is 365 g/mol. The van der Waals surface area contributed by atoms with Crippen molar-refractivity contribution >= 4 is 22.7 Å². The SMILES string of the molecule is COc1ccc(C(=O)[C@H](C)OC(=O)CCCc2c[nH]c3ccccc23)cc1. The van der Waals surface area contributed by atoms with Gasteiger partial charge in [0.25, 0.3) is 0 Å². The first kappa shape index (κ1) is 18.7. The zero-order valence-corrected chi connectivity index (χ0v) is 15.5. The van der Waals surface area contributed by atoms with Crippen molar-refractivity contribution in [3.05, 3.63) is 65.9 Å².